The number of benzene rings is 1. The Morgan fingerprint density at radius 2 is 1.84 bits per heavy atom. The topological polar surface area (TPSA) is 40.5 Å². The second-order valence-electron chi connectivity index (χ2n) is 6.18. The fourth-order valence-corrected chi connectivity index (χ4v) is 2.78. The quantitative estimate of drug-likeness (QED) is 0.905. The van der Waals surface area contributed by atoms with Gasteiger partial charge in [-0.1, -0.05) is 23.7 Å². The van der Waals surface area contributed by atoms with Crippen molar-refractivity contribution in [3.8, 4) is 0 Å². The minimum Gasteiger partial charge on any atom is -0.481 e. The molecule has 104 valence electrons. The van der Waals surface area contributed by atoms with Crippen LogP contribution in [-0.4, -0.2) is 34.6 Å². The van der Waals surface area contributed by atoms with Crippen LogP contribution in [0.25, 0.3) is 0 Å². The van der Waals surface area contributed by atoms with E-state index in [1.807, 2.05) is 24.3 Å². The van der Waals surface area contributed by atoms with E-state index < -0.39 is 5.97 Å². The summed E-state index contributed by atoms with van der Waals surface area (Å²) in [5, 5.41) is 10.1. The first-order valence-corrected chi connectivity index (χ1v) is 6.90. The van der Waals surface area contributed by atoms with Crippen LogP contribution >= 0.6 is 11.6 Å². The predicted octanol–water partition coefficient (Wildman–Crippen LogP) is 3.24. The molecule has 1 N–H and O–H groups in total. The Morgan fingerprint density at radius 3 is 2.32 bits per heavy atom. The molecule has 19 heavy (non-hydrogen) atoms. The molecule has 1 heterocycles. The molecular formula is C15H20ClNO2. The number of aliphatic carboxylic acids is 1. The van der Waals surface area contributed by atoms with Crippen molar-refractivity contribution in [1.29, 1.82) is 0 Å². The molecule has 0 bridgehead atoms. The molecular weight excluding hydrogens is 262 g/mol. The van der Waals surface area contributed by atoms with E-state index in [1.165, 1.54) is 0 Å². The number of carboxylic acid groups (broad SMARTS) is 1. The summed E-state index contributed by atoms with van der Waals surface area (Å²) in [7, 11) is 0. The second kappa shape index (κ2) is 5.14. The van der Waals surface area contributed by atoms with Crippen LogP contribution in [-0.2, 0) is 4.79 Å². The molecule has 0 amide bonds. The van der Waals surface area contributed by atoms with Crippen LogP contribution < -0.4 is 0 Å². The Morgan fingerprint density at radius 1 is 1.26 bits per heavy atom. The lowest BCUT2D eigenvalue weighted by Gasteiger charge is -2.31. The Kier molecular flexibility index (Phi) is 3.88. The van der Waals surface area contributed by atoms with Gasteiger partial charge in [-0.2, -0.15) is 0 Å². The van der Waals surface area contributed by atoms with Gasteiger partial charge in [0, 0.05) is 29.6 Å². The average Bonchev–Trinajstić information content (AvgIpc) is 2.74. The predicted molar refractivity (Wildman–Crippen MR) is 76.6 cm³/mol. The van der Waals surface area contributed by atoms with E-state index in [9.17, 15) is 9.90 Å². The monoisotopic (exact) mass is 281 g/mol. The van der Waals surface area contributed by atoms with E-state index in [1.54, 1.807) is 0 Å². The third-order valence-corrected chi connectivity index (χ3v) is 4.14. The Balaban J connectivity index is 2.27. The highest BCUT2D eigenvalue weighted by atomic mass is 35.5. The van der Waals surface area contributed by atoms with Crippen molar-refractivity contribution in [3.63, 3.8) is 0 Å². The van der Waals surface area contributed by atoms with Gasteiger partial charge < -0.3 is 5.11 Å². The van der Waals surface area contributed by atoms with Crippen molar-refractivity contribution < 1.29 is 9.90 Å². The highest BCUT2D eigenvalue weighted by Gasteiger charge is 2.41. The number of carboxylic acids is 1. The standard InChI is InChI=1S/C15H20ClNO2/c1-15(2,3)17-8-12(13(9-17)14(18)19)10-4-6-11(16)7-5-10/h4-7,12-13H,8-9H2,1-3H3,(H,18,19)/t12?,13-/m0/s1. The van der Waals surface area contributed by atoms with Gasteiger partial charge in [0.05, 0.1) is 5.92 Å². The zero-order valence-electron chi connectivity index (χ0n) is 11.6. The Bertz CT molecular complexity index is 464. The van der Waals surface area contributed by atoms with Crippen LogP contribution in [0, 0.1) is 5.92 Å². The molecule has 3 nitrogen and oxygen atoms in total. The summed E-state index contributed by atoms with van der Waals surface area (Å²) in [6, 6.07) is 7.54. The summed E-state index contributed by atoms with van der Waals surface area (Å²) in [4.78, 5) is 13.7. The van der Waals surface area contributed by atoms with Crippen LogP contribution in [0.5, 0.6) is 0 Å². The maximum Gasteiger partial charge on any atom is 0.308 e. The van der Waals surface area contributed by atoms with Crippen molar-refractivity contribution in [1.82, 2.24) is 4.90 Å². The summed E-state index contributed by atoms with van der Waals surface area (Å²) >= 11 is 5.89. The molecule has 1 aromatic carbocycles. The lowest BCUT2D eigenvalue weighted by molar-refractivity contribution is -0.141. The molecule has 1 aliphatic heterocycles. The fourth-order valence-electron chi connectivity index (χ4n) is 2.65. The molecule has 1 saturated heterocycles. The van der Waals surface area contributed by atoms with Gasteiger partial charge in [0.25, 0.3) is 0 Å². The number of nitrogens with zero attached hydrogens (tertiary/aromatic N) is 1. The van der Waals surface area contributed by atoms with Gasteiger partial charge in [-0.3, -0.25) is 9.69 Å². The van der Waals surface area contributed by atoms with Crippen LogP contribution in [0.3, 0.4) is 0 Å². The zero-order valence-corrected chi connectivity index (χ0v) is 12.3. The van der Waals surface area contributed by atoms with E-state index in [0.717, 1.165) is 12.1 Å². The first-order chi connectivity index (χ1) is 8.79. The fraction of sp³-hybridized carbons (Fsp3) is 0.533. The molecule has 4 heteroatoms. The lowest BCUT2D eigenvalue weighted by Crippen LogP contribution is -2.40. The molecule has 1 unspecified atom stereocenters. The van der Waals surface area contributed by atoms with Gasteiger partial charge in [0.1, 0.15) is 0 Å². The molecule has 0 saturated carbocycles. The van der Waals surface area contributed by atoms with E-state index in [4.69, 9.17) is 11.6 Å². The highest BCUT2D eigenvalue weighted by molar-refractivity contribution is 6.30. The number of halogens is 1. The number of hydrogen-bond donors (Lipinski definition) is 1. The maximum atomic E-state index is 11.5. The summed E-state index contributed by atoms with van der Waals surface area (Å²) < 4.78 is 0. The zero-order chi connectivity index (χ0) is 14.2. The van der Waals surface area contributed by atoms with Crippen LogP contribution in [0.2, 0.25) is 5.02 Å². The molecule has 0 aliphatic carbocycles. The van der Waals surface area contributed by atoms with Gasteiger partial charge in [-0.05, 0) is 38.5 Å². The number of hydrogen-bond acceptors (Lipinski definition) is 2. The molecule has 0 spiro atoms. The smallest absolute Gasteiger partial charge is 0.308 e. The van der Waals surface area contributed by atoms with Gasteiger partial charge in [-0.25, -0.2) is 0 Å². The number of likely N-dealkylation sites (tertiary alicyclic amines) is 1. The molecule has 0 aromatic heterocycles. The SMILES string of the molecule is CC(C)(C)N1CC(c2ccc(Cl)cc2)[C@@H](C(=O)O)C1. The van der Waals surface area contributed by atoms with E-state index in [2.05, 4.69) is 25.7 Å². The van der Waals surface area contributed by atoms with E-state index in [-0.39, 0.29) is 17.4 Å². The molecule has 2 atom stereocenters. The van der Waals surface area contributed by atoms with Crippen LogP contribution in [0.1, 0.15) is 32.3 Å². The Hall–Kier alpha value is -1.06. The third kappa shape index (κ3) is 3.10. The number of rotatable bonds is 2. The first kappa shape index (κ1) is 14.4. The van der Waals surface area contributed by atoms with Gasteiger partial charge >= 0.3 is 5.97 Å². The molecule has 2 rings (SSSR count). The second-order valence-corrected chi connectivity index (χ2v) is 6.62. The normalized spacial score (nSPS) is 24.6. The van der Waals surface area contributed by atoms with Crippen molar-refractivity contribution in [3.05, 3.63) is 34.9 Å². The van der Waals surface area contributed by atoms with Crippen molar-refractivity contribution in [2.45, 2.75) is 32.2 Å². The minimum absolute atomic E-state index is 0.00508. The molecule has 1 fully saturated rings. The van der Waals surface area contributed by atoms with Crippen LogP contribution in [0.15, 0.2) is 24.3 Å². The van der Waals surface area contributed by atoms with E-state index >= 15 is 0 Å². The molecule has 1 aromatic rings. The van der Waals surface area contributed by atoms with Crippen LogP contribution in [0.4, 0.5) is 0 Å². The van der Waals surface area contributed by atoms with Crippen molar-refractivity contribution in [2.75, 3.05) is 13.1 Å². The largest absolute Gasteiger partial charge is 0.481 e. The third-order valence-electron chi connectivity index (χ3n) is 3.88. The highest BCUT2D eigenvalue weighted by Crippen LogP contribution is 2.36. The first-order valence-electron chi connectivity index (χ1n) is 6.52. The molecule has 1 aliphatic rings. The summed E-state index contributed by atoms with van der Waals surface area (Å²) in [5.74, 6) is -1.03. The minimum atomic E-state index is -0.716. The van der Waals surface area contributed by atoms with E-state index in [0.29, 0.717) is 11.6 Å². The van der Waals surface area contributed by atoms with Gasteiger partial charge in [-0.15, -0.1) is 0 Å². The van der Waals surface area contributed by atoms with Gasteiger partial charge in [0.15, 0.2) is 0 Å². The molecule has 0 radical (unpaired) electrons. The van der Waals surface area contributed by atoms with Crippen molar-refractivity contribution >= 4 is 17.6 Å². The average molecular weight is 282 g/mol. The lowest BCUT2D eigenvalue weighted by atomic mass is 9.89. The summed E-state index contributed by atoms with van der Waals surface area (Å²) in [6.07, 6.45) is 0. The Labute approximate surface area is 119 Å². The summed E-state index contributed by atoms with van der Waals surface area (Å²) in [6.45, 7) is 7.75. The number of carbonyl (C=O) groups is 1. The van der Waals surface area contributed by atoms with Gasteiger partial charge in [0.2, 0.25) is 0 Å². The summed E-state index contributed by atoms with van der Waals surface area (Å²) in [5.41, 5.74) is 1.05. The van der Waals surface area contributed by atoms with Crippen molar-refractivity contribution in [2.24, 2.45) is 5.92 Å². The maximum absolute atomic E-state index is 11.5.